The van der Waals surface area contributed by atoms with Crippen LogP contribution in [0.1, 0.15) is 67.6 Å². The molecule has 0 radical (unpaired) electrons. The van der Waals surface area contributed by atoms with Crippen LogP contribution in [0.3, 0.4) is 0 Å². The summed E-state index contributed by atoms with van der Waals surface area (Å²) in [6, 6.07) is 4.07. The quantitative estimate of drug-likeness (QED) is 0.646. The Morgan fingerprint density at radius 2 is 1.43 bits per heavy atom. The number of Topliss-reactive ketones (excluding diaryl/α,β-unsaturated/α-hetero) is 2. The number of benzene rings is 1. The highest BCUT2D eigenvalue weighted by Gasteiger charge is 2.39. The number of carbonyl (C=O) groups is 2. The Kier molecular flexibility index (Phi) is 3.07. The number of carbonyl (C=O) groups excluding carboxylic acids is 2. The van der Waals surface area contributed by atoms with Crippen molar-refractivity contribution >= 4 is 33.6 Å². The van der Waals surface area contributed by atoms with Gasteiger partial charge in [0, 0.05) is 5.56 Å². The zero-order valence-corrected chi connectivity index (χ0v) is 14.4. The summed E-state index contributed by atoms with van der Waals surface area (Å²) >= 11 is 3.20. The van der Waals surface area contributed by atoms with E-state index in [4.69, 9.17) is 0 Å². The summed E-state index contributed by atoms with van der Waals surface area (Å²) in [6.45, 7) is 8.94. The minimum atomic E-state index is -0.449. The van der Waals surface area contributed by atoms with E-state index in [-0.39, 0.29) is 10.8 Å². The summed E-state index contributed by atoms with van der Waals surface area (Å²) in [7, 11) is 0. The van der Waals surface area contributed by atoms with Crippen molar-refractivity contribution in [2.75, 3.05) is 0 Å². The van der Waals surface area contributed by atoms with E-state index in [0.717, 1.165) is 18.4 Å². The zero-order chi connectivity index (χ0) is 15.6. The van der Waals surface area contributed by atoms with Crippen LogP contribution in [0.4, 0.5) is 0 Å². The van der Waals surface area contributed by atoms with E-state index in [0.29, 0.717) is 10.0 Å². The lowest BCUT2D eigenvalue weighted by Gasteiger charge is -2.42. The Morgan fingerprint density at radius 3 is 2.00 bits per heavy atom. The molecule has 0 heterocycles. The molecule has 2 aliphatic rings. The van der Waals surface area contributed by atoms with E-state index in [9.17, 15) is 9.59 Å². The summed E-state index contributed by atoms with van der Waals surface area (Å²) < 4.78 is 0.354. The second-order valence-electron chi connectivity index (χ2n) is 7.40. The first kappa shape index (κ1) is 14.7. The van der Waals surface area contributed by atoms with Gasteiger partial charge in [0.05, 0.1) is 4.48 Å². The van der Waals surface area contributed by atoms with E-state index in [2.05, 4.69) is 49.7 Å². The maximum absolute atomic E-state index is 12.3. The van der Waals surface area contributed by atoms with Crippen molar-refractivity contribution in [3.8, 4) is 0 Å². The van der Waals surface area contributed by atoms with Crippen molar-refractivity contribution in [3.63, 3.8) is 0 Å². The van der Waals surface area contributed by atoms with Crippen molar-refractivity contribution in [1.29, 1.82) is 0 Å². The normalized spacial score (nSPS) is 22.4. The molecule has 0 bridgehead atoms. The fourth-order valence-corrected chi connectivity index (χ4v) is 3.81. The molecule has 21 heavy (non-hydrogen) atoms. The van der Waals surface area contributed by atoms with Crippen LogP contribution in [-0.2, 0) is 15.6 Å². The van der Waals surface area contributed by atoms with Gasteiger partial charge in [-0.1, -0.05) is 33.8 Å². The molecule has 0 saturated carbocycles. The molecule has 3 rings (SSSR count). The van der Waals surface area contributed by atoms with Gasteiger partial charge in [-0.05, 0) is 68.4 Å². The maximum Gasteiger partial charge on any atom is 0.240 e. The lowest BCUT2D eigenvalue weighted by Crippen LogP contribution is -2.35. The zero-order valence-electron chi connectivity index (χ0n) is 12.8. The summed E-state index contributed by atoms with van der Waals surface area (Å²) in [4.78, 5) is 24.1. The van der Waals surface area contributed by atoms with E-state index in [1.807, 2.05) is 6.07 Å². The van der Waals surface area contributed by atoms with E-state index >= 15 is 0 Å². The number of fused-ring (bicyclic) bond motifs is 2. The molecule has 2 aliphatic carbocycles. The first-order chi connectivity index (χ1) is 9.63. The standard InChI is InChI=1S/C18H19BrO2/c1-17(2)5-6-18(3,4)13-9-11-10(7-12(13)17)8-14(19)16(21)15(11)20/h7-9H,5-6H2,1-4H3. The monoisotopic (exact) mass is 346 g/mol. The van der Waals surface area contributed by atoms with Gasteiger partial charge in [0.2, 0.25) is 11.6 Å². The Hall–Kier alpha value is -1.22. The van der Waals surface area contributed by atoms with E-state index in [1.54, 1.807) is 6.08 Å². The summed E-state index contributed by atoms with van der Waals surface area (Å²) in [6.07, 6.45) is 3.99. The van der Waals surface area contributed by atoms with Gasteiger partial charge in [-0.15, -0.1) is 0 Å². The molecule has 110 valence electrons. The van der Waals surface area contributed by atoms with Gasteiger partial charge in [-0.25, -0.2) is 0 Å². The van der Waals surface area contributed by atoms with Gasteiger partial charge in [-0.2, -0.15) is 0 Å². The number of hydrogen-bond acceptors (Lipinski definition) is 2. The Bertz CT molecular complexity index is 708. The van der Waals surface area contributed by atoms with Crippen molar-refractivity contribution in [2.45, 2.75) is 51.4 Å². The van der Waals surface area contributed by atoms with Crippen LogP contribution in [0.15, 0.2) is 16.6 Å². The molecular formula is C18H19BrO2. The second kappa shape index (κ2) is 4.39. The molecule has 2 nitrogen and oxygen atoms in total. The number of halogens is 1. The van der Waals surface area contributed by atoms with Crippen LogP contribution in [0.25, 0.3) is 6.08 Å². The first-order valence-electron chi connectivity index (χ1n) is 7.29. The molecule has 1 aromatic rings. The Morgan fingerprint density at radius 1 is 0.905 bits per heavy atom. The Balaban J connectivity index is 2.32. The molecule has 3 heteroatoms. The van der Waals surface area contributed by atoms with Crippen LogP contribution in [0.5, 0.6) is 0 Å². The second-order valence-corrected chi connectivity index (χ2v) is 8.26. The van der Waals surface area contributed by atoms with Gasteiger partial charge >= 0.3 is 0 Å². The molecule has 1 aromatic carbocycles. The largest absolute Gasteiger partial charge is 0.285 e. The molecule has 0 aliphatic heterocycles. The number of ketones is 2. The van der Waals surface area contributed by atoms with Crippen LogP contribution < -0.4 is 0 Å². The van der Waals surface area contributed by atoms with Crippen molar-refractivity contribution in [2.24, 2.45) is 0 Å². The minimum Gasteiger partial charge on any atom is -0.285 e. The van der Waals surface area contributed by atoms with Gasteiger partial charge in [-0.3, -0.25) is 9.59 Å². The van der Waals surface area contributed by atoms with Gasteiger partial charge in [0.15, 0.2) is 0 Å². The van der Waals surface area contributed by atoms with Gasteiger partial charge in [0.1, 0.15) is 0 Å². The highest BCUT2D eigenvalue weighted by atomic mass is 79.9. The average Bonchev–Trinajstić information content (AvgIpc) is 2.41. The minimum absolute atomic E-state index is 0.0433. The van der Waals surface area contributed by atoms with Crippen LogP contribution >= 0.6 is 15.9 Å². The lowest BCUT2D eigenvalue weighted by atomic mass is 9.62. The molecule has 0 amide bonds. The van der Waals surface area contributed by atoms with E-state index in [1.165, 1.54) is 11.1 Å². The topological polar surface area (TPSA) is 34.1 Å². The highest BCUT2D eigenvalue weighted by molar-refractivity contribution is 9.12. The molecule has 0 aromatic heterocycles. The van der Waals surface area contributed by atoms with Crippen LogP contribution in [0.2, 0.25) is 0 Å². The summed E-state index contributed by atoms with van der Waals surface area (Å²) in [5.41, 5.74) is 4.07. The molecular weight excluding hydrogens is 328 g/mol. The highest BCUT2D eigenvalue weighted by Crippen LogP contribution is 2.47. The third kappa shape index (κ3) is 2.13. The predicted molar refractivity (Wildman–Crippen MR) is 88.0 cm³/mol. The fraction of sp³-hybridized carbons (Fsp3) is 0.444. The molecule has 0 atom stereocenters. The number of rotatable bonds is 0. The number of allylic oxidation sites excluding steroid dienone is 1. The fourth-order valence-electron chi connectivity index (χ4n) is 3.38. The predicted octanol–water partition coefficient (Wildman–Crippen LogP) is 4.54. The lowest BCUT2D eigenvalue weighted by molar-refractivity contribution is -0.111. The van der Waals surface area contributed by atoms with Gasteiger partial charge in [0.25, 0.3) is 0 Å². The maximum atomic E-state index is 12.3. The van der Waals surface area contributed by atoms with Gasteiger partial charge < -0.3 is 0 Å². The van der Waals surface area contributed by atoms with E-state index < -0.39 is 11.6 Å². The third-order valence-electron chi connectivity index (χ3n) is 4.97. The SMILES string of the molecule is CC1(C)CCC(C)(C)c2cc3c(cc21)C=C(Br)C(=O)C3=O. The molecule has 0 spiro atoms. The van der Waals surface area contributed by atoms with Crippen molar-refractivity contribution in [1.82, 2.24) is 0 Å². The third-order valence-corrected chi connectivity index (χ3v) is 5.56. The smallest absolute Gasteiger partial charge is 0.240 e. The average molecular weight is 347 g/mol. The van der Waals surface area contributed by atoms with Crippen LogP contribution in [-0.4, -0.2) is 11.6 Å². The number of hydrogen-bond donors (Lipinski definition) is 0. The van der Waals surface area contributed by atoms with Crippen LogP contribution in [0, 0.1) is 0 Å². The van der Waals surface area contributed by atoms with Crippen molar-refractivity contribution in [3.05, 3.63) is 38.9 Å². The molecule has 0 fully saturated rings. The molecule has 0 unspecified atom stereocenters. The first-order valence-corrected chi connectivity index (χ1v) is 8.08. The summed E-state index contributed by atoms with van der Waals surface area (Å²) in [5.74, 6) is -0.850. The molecule has 0 N–H and O–H groups in total. The summed E-state index contributed by atoms with van der Waals surface area (Å²) in [5, 5.41) is 0. The Labute approximate surface area is 133 Å². The van der Waals surface area contributed by atoms with Crippen molar-refractivity contribution < 1.29 is 9.59 Å². The molecule has 0 saturated heterocycles.